The fourth-order valence-corrected chi connectivity index (χ4v) is 2.05. The fourth-order valence-electron chi connectivity index (χ4n) is 2.05. The highest BCUT2D eigenvalue weighted by molar-refractivity contribution is 5.94. The first-order valence-electron chi connectivity index (χ1n) is 7.30. The second kappa shape index (κ2) is 6.62. The van der Waals surface area contributed by atoms with E-state index in [-0.39, 0.29) is 11.1 Å². The van der Waals surface area contributed by atoms with Gasteiger partial charge in [0.1, 0.15) is 17.1 Å². The van der Waals surface area contributed by atoms with Crippen LogP contribution in [0.3, 0.4) is 0 Å². The summed E-state index contributed by atoms with van der Waals surface area (Å²) in [5.74, 6) is -1.62. The summed E-state index contributed by atoms with van der Waals surface area (Å²) in [6.07, 6.45) is -0.770. The van der Waals surface area contributed by atoms with Gasteiger partial charge in [0.05, 0.1) is 0 Å². The van der Waals surface area contributed by atoms with Gasteiger partial charge in [-0.25, -0.2) is 14.7 Å². The van der Waals surface area contributed by atoms with Gasteiger partial charge in [-0.3, -0.25) is 5.32 Å². The third-order valence-corrected chi connectivity index (χ3v) is 3.39. The molecule has 0 bridgehead atoms. The highest BCUT2D eigenvalue weighted by Gasteiger charge is 2.15. The zero-order valence-corrected chi connectivity index (χ0v) is 13.6. The summed E-state index contributed by atoms with van der Waals surface area (Å²) in [5, 5.41) is 22.6. The molecular weight excluding hydrogens is 310 g/mol. The first kappa shape index (κ1) is 17.3. The summed E-state index contributed by atoms with van der Waals surface area (Å²) >= 11 is 0. The molecule has 2 aromatic rings. The number of rotatable bonds is 3. The van der Waals surface area contributed by atoms with Crippen molar-refractivity contribution in [1.82, 2.24) is 0 Å². The number of benzene rings is 2. The summed E-state index contributed by atoms with van der Waals surface area (Å²) in [4.78, 5) is 22.7. The number of nitrogens with one attached hydrogen (secondary N) is 1. The van der Waals surface area contributed by atoms with Gasteiger partial charge in [-0.2, -0.15) is 0 Å². The minimum atomic E-state index is -1.54. The Kier molecular flexibility index (Phi) is 4.78. The average molecular weight is 328 g/mol. The van der Waals surface area contributed by atoms with Crippen molar-refractivity contribution in [2.45, 2.75) is 26.2 Å². The van der Waals surface area contributed by atoms with Crippen LogP contribution in [0.1, 0.15) is 36.7 Å². The van der Waals surface area contributed by atoms with E-state index in [1.807, 2.05) is 12.1 Å². The van der Waals surface area contributed by atoms with Crippen molar-refractivity contribution in [2.75, 3.05) is 5.32 Å². The lowest BCUT2D eigenvalue weighted by Gasteiger charge is -2.19. The average Bonchev–Trinajstić information content (AvgIpc) is 2.48. The van der Waals surface area contributed by atoms with Crippen molar-refractivity contribution < 1.29 is 24.5 Å². The quantitative estimate of drug-likeness (QED) is 0.836. The van der Waals surface area contributed by atoms with E-state index in [1.54, 1.807) is 12.1 Å². The molecule has 0 heterocycles. The third-order valence-electron chi connectivity index (χ3n) is 3.39. The van der Waals surface area contributed by atoms with Gasteiger partial charge < -0.3 is 9.84 Å². The highest BCUT2D eigenvalue weighted by atomic mass is 16.6. The molecule has 0 aliphatic heterocycles. The SMILES string of the molecule is CC(C)(C)c1ccc(OC(=O)Nc2ccc(O)c(C([O])=O)c2)cc1. The Bertz CT molecular complexity index is 760. The molecule has 2 aromatic carbocycles. The summed E-state index contributed by atoms with van der Waals surface area (Å²) in [5.41, 5.74) is 0.853. The molecule has 0 fully saturated rings. The lowest BCUT2D eigenvalue weighted by atomic mass is 9.87. The number of carbonyl (C=O) groups is 2. The topological polar surface area (TPSA) is 95.5 Å². The van der Waals surface area contributed by atoms with Crippen molar-refractivity contribution in [1.29, 1.82) is 0 Å². The summed E-state index contributed by atoms with van der Waals surface area (Å²) in [6, 6.07) is 10.7. The first-order chi connectivity index (χ1) is 11.2. The summed E-state index contributed by atoms with van der Waals surface area (Å²) in [6.45, 7) is 6.24. The molecule has 0 aliphatic carbocycles. The van der Waals surface area contributed by atoms with Crippen LogP contribution in [0.15, 0.2) is 42.5 Å². The molecule has 0 atom stereocenters. The maximum atomic E-state index is 11.9. The van der Waals surface area contributed by atoms with E-state index in [4.69, 9.17) is 4.74 Å². The lowest BCUT2D eigenvalue weighted by Crippen LogP contribution is -2.17. The van der Waals surface area contributed by atoms with Crippen molar-refractivity contribution in [3.63, 3.8) is 0 Å². The van der Waals surface area contributed by atoms with Gasteiger partial charge in [0, 0.05) is 5.69 Å². The minimum Gasteiger partial charge on any atom is -0.507 e. The molecule has 6 heteroatoms. The molecule has 0 aromatic heterocycles. The standard InChI is InChI=1S/C18H18NO5/c1-18(2,3)11-4-7-13(8-5-11)24-17(23)19-12-6-9-15(20)14(10-12)16(21)22/h4-10,20H,1-3H3,(H,19,23). The number of carbonyl (C=O) groups excluding carboxylic acids is 2. The van der Waals surface area contributed by atoms with Gasteiger partial charge in [0.2, 0.25) is 0 Å². The van der Waals surface area contributed by atoms with Crippen LogP contribution in [-0.2, 0) is 10.5 Å². The Morgan fingerprint density at radius 3 is 2.21 bits per heavy atom. The Labute approximate surface area is 139 Å². The Morgan fingerprint density at radius 1 is 1.04 bits per heavy atom. The molecule has 0 aliphatic rings. The molecule has 2 N–H and O–H groups in total. The van der Waals surface area contributed by atoms with E-state index in [9.17, 15) is 19.8 Å². The van der Waals surface area contributed by atoms with Gasteiger partial charge in [-0.05, 0) is 41.3 Å². The number of amides is 1. The van der Waals surface area contributed by atoms with Crippen molar-refractivity contribution in [2.24, 2.45) is 0 Å². The number of aromatic hydroxyl groups is 1. The minimum absolute atomic E-state index is 0.00586. The van der Waals surface area contributed by atoms with Crippen molar-refractivity contribution in [3.05, 3.63) is 53.6 Å². The maximum absolute atomic E-state index is 11.9. The Hall–Kier alpha value is -3.02. The summed E-state index contributed by atoms with van der Waals surface area (Å²) in [7, 11) is 0. The molecule has 24 heavy (non-hydrogen) atoms. The number of anilines is 1. The van der Waals surface area contributed by atoms with Crippen molar-refractivity contribution in [3.8, 4) is 11.5 Å². The predicted molar refractivity (Wildman–Crippen MR) is 87.9 cm³/mol. The number of hydrogen-bond acceptors (Lipinski definition) is 4. The molecule has 1 radical (unpaired) electrons. The zero-order chi connectivity index (χ0) is 17.9. The van der Waals surface area contributed by atoms with Crippen LogP contribution >= 0.6 is 0 Å². The maximum Gasteiger partial charge on any atom is 0.417 e. The predicted octanol–water partition coefficient (Wildman–Crippen LogP) is 3.87. The van der Waals surface area contributed by atoms with Crippen LogP contribution in [0.4, 0.5) is 10.5 Å². The van der Waals surface area contributed by atoms with Crippen molar-refractivity contribution >= 4 is 17.7 Å². The van der Waals surface area contributed by atoms with E-state index in [2.05, 4.69) is 26.1 Å². The van der Waals surface area contributed by atoms with E-state index >= 15 is 0 Å². The summed E-state index contributed by atoms with van der Waals surface area (Å²) < 4.78 is 5.14. The Morgan fingerprint density at radius 2 is 1.67 bits per heavy atom. The highest BCUT2D eigenvalue weighted by Crippen LogP contribution is 2.25. The first-order valence-corrected chi connectivity index (χ1v) is 7.30. The van der Waals surface area contributed by atoms with E-state index in [0.29, 0.717) is 5.75 Å². The largest absolute Gasteiger partial charge is 0.507 e. The molecule has 0 saturated heterocycles. The number of phenolic OH excluding ortho intramolecular Hbond substituents is 1. The van der Waals surface area contributed by atoms with Gasteiger partial charge in [0.15, 0.2) is 0 Å². The van der Waals surface area contributed by atoms with Crippen LogP contribution in [0.25, 0.3) is 0 Å². The molecule has 0 saturated carbocycles. The second-order valence-electron chi connectivity index (χ2n) is 6.31. The number of hydrogen-bond donors (Lipinski definition) is 2. The molecular formula is C18H18NO5. The van der Waals surface area contributed by atoms with Gasteiger partial charge >= 0.3 is 12.1 Å². The van der Waals surface area contributed by atoms with Crippen LogP contribution in [0.2, 0.25) is 0 Å². The zero-order valence-electron chi connectivity index (χ0n) is 13.6. The second-order valence-corrected chi connectivity index (χ2v) is 6.31. The third kappa shape index (κ3) is 4.25. The Balaban J connectivity index is 2.06. The molecule has 6 nitrogen and oxygen atoms in total. The molecule has 0 spiro atoms. The van der Waals surface area contributed by atoms with Crippen LogP contribution in [-0.4, -0.2) is 17.2 Å². The van der Waals surface area contributed by atoms with Crippen LogP contribution < -0.4 is 10.1 Å². The van der Waals surface area contributed by atoms with Crippen LogP contribution in [0.5, 0.6) is 11.5 Å². The van der Waals surface area contributed by atoms with Crippen LogP contribution in [0, 0.1) is 0 Å². The van der Waals surface area contributed by atoms with E-state index < -0.39 is 23.4 Å². The molecule has 125 valence electrons. The lowest BCUT2D eigenvalue weighted by molar-refractivity contribution is 0.0570. The number of phenols is 1. The van der Waals surface area contributed by atoms with E-state index in [0.717, 1.165) is 17.7 Å². The van der Waals surface area contributed by atoms with Gasteiger partial charge in [0.25, 0.3) is 0 Å². The van der Waals surface area contributed by atoms with E-state index in [1.165, 1.54) is 6.07 Å². The number of ether oxygens (including phenoxy) is 1. The molecule has 0 unspecified atom stereocenters. The smallest absolute Gasteiger partial charge is 0.417 e. The molecule has 1 amide bonds. The van der Waals surface area contributed by atoms with Gasteiger partial charge in [-0.1, -0.05) is 32.9 Å². The van der Waals surface area contributed by atoms with Gasteiger partial charge in [-0.15, -0.1) is 0 Å². The molecule has 2 rings (SSSR count). The normalized spacial score (nSPS) is 11.0. The fraction of sp³-hybridized carbons (Fsp3) is 0.222. The monoisotopic (exact) mass is 328 g/mol.